The molecule has 2 unspecified atom stereocenters. The first-order valence-electron chi connectivity index (χ1n) is 11.0. The number of hydrogen-bond donors (Lipinski definition) is 1. The number of carbonyl (C=O) groups is 3. The number of carbonyl (C=O) groups excluding carboxylic acids is 3. The second-order valence-electron chi connectivity index (χ2n) is 9.15. The summed E-state index contributed by atoms with van der Waals surface area (Å²) in [5, 5.41) is 2.69. The number of rotatable bonds is 9. The molecule has 0 aromatic heterocycles. The number of amides is 2. The predicted octanol–water partition coefficient (Wildman–Crippen LogP) is 2.67. The van der Waals surface area contributed by atoms with E-state index in [1.165, 1.54) is 7.11 Å². The van der Waals surface area contributed by atoms with Crippen LogP contribution in [0.5, 0.6) is 5.75 Å². The first-order chi connectivity index (χ1) is 15.5. The Morgan fingerprint density at radius 3 is 2.27 bits per heavy atom. The number of methoxy groups -OCH3 is 3. The lowest BCUT2D eigenvalue weighted by atomic mass is 9.94. The molecule has 2 amide bonds. The van der Waals surface area contributed by atoms with E-state index >= 15 is 0 Å². The molecule has 9 nitrogen and oxygen atoms in total. The SMILES string of the molecule is COc1ccc(C(=O)CNC(=O)[C@H](C)[C@@H](OC)C2CC(OC)CN2C(=O)OC(C)(C)C)cc1. The van der Waals surface area contributed by atoms with E-state index in [9.17, 15) is 14.4 Å². The van der Waals surface area contributed by atoms with Crippen LogP contribution in [0.1, 0.15) is 44.5 Å². The zero-order valence-electron chi connectivity index (χ0n) is 20.5. The Morgan fingerprint density at radius 2 is 1.76 bits per heavy atom. The Labute approximate surface area is 195 Å². The lowest BCUT2D eigenvalue weighted by Crippen LogP contribution is -2.51. The van der Waals surface area contributed by atoms with Crippen molar-refractivity contribution in [2.24, 2.45) is 5.92 Å². The van der Waals surface area contributed by atoms with E-state index in [1.807, 2.05) is 0 Å². The van der Waals surface area contributed by atoms with E-state index in [4.69, 9.17) is 18.9 Å². The molecule has 1 fully saturated rings. The molecule has 0 radical (unpaired) electrons. The van der Waals surface area contributed by atoms with Gasteiger partial charge in [-0.05, 0) is 51.5 Å². The Morgan fingerprint density at radius 1 is 1.12 bits per heavy atom. The predicted molar refractivity (Wildman–Crippen MR) is 122 cm³/mol. The fourth-order valence-corrected chi connectivity index (χ4v) is 3.89. The average molecular weight is 465 g/mol. The van der Waals surface area contributed by atoms with Crippen LogP contribution in [0.25, 0.3) is 0 Å². The summed E-state index contributed by atoms with van der Waals surface area (Å²) in [4.78, 5) is 39.7. The van der Waals surface area contributed by atoms with Crippen molar-refractivity contribution in [2.45, 2.75) is 58.0 Å². The number of nitrogens with one attached hydrogen (secondary N) is 1. The van der Waals surface area contributed by atoms with Gasteiger partial charge in [0.2, 0.25) is 5.91 Å². The molecule has 1 aliphatic rings. The van der Waals surface area contributed by atoms with Crippen LogP contribution in [0, 0.1) is 5.92 Å². The molecule has 1 heterocycles. The van der Waals surface area contributed by atoms with Crippen LogP contribution in [0.3, 0.4) is 0 Å². The minimum atomic E-state index is -0.653. The first kappa shape index (κ1) is 26.6. The number of likely N-dealkylation sites (tertiary alicyclic amines) is 1. The number of hydrogen-bond acceptors (Lipinski definition) is 7. The molecular formula is C24H36N2O7. The second-order valence-corrected chi connectivity index (χ2v) is 9.15. The van der Waals surface area contributed by atoms with Crippen molar-refractivity contribution in [3.63, 3.8) is 0 Å². The maximum atomic E-state index is 12.9. The van der Waals surface area contributed by atoms with E-state index in [2.05, 4.69) is 5.32 Å². The fourth-order valence-electron chi connectivity index (χ4n) is 3.89. The molecule has 33 heavy (non-hydrogen) atoms. The van der Waals surface area contributed by atoms with E-state index in [0.29, 0.717) is 24.3 Å². The van der Waals surface area contributed by atoms with Crippen molar-refractivity contribution in [3.8, 4) is 5.75 Å². The van der Waals surface area contributed by atoms with Crippen molar-refractivity contribution in [2.75, 3.05) is 34.4 Å². The molecule has 9 heteroatoms. The summed E-state index contributed by atoms with van der Waals surface area (Å²) in [6.07, 6.45) is -0.756. The summed E-state index contributed by atoms with van der Waals surface area (Å²) in [7, 11) is 4.64. The molecule has 0 bridgehead atoms. The Hall–Kier alpha value is -2.65. The third-order valence-corrected chi connectivity index (χ3v) is 5.66. The van der Waals surface area contributed by atoms with Crippen LogP contribution in [-0.4, -0.2) is 81.0 Å². The highest BCUT2D eigenvalue weighted by atomic mass is 16.6. The van der Waals surface area contributed by atoms with Gasteiger partial charge in [0.05, 0.1) is 44.4 Å². The van der Waals surface area contributed by atoms with Gasteiger partial charge in [0.1, 0.15) is 11.4 Å². The molecule has 1 aromatic carbocycles. The molecular weight excluding hydrogens is 428 g/mol. The van der Waals surface area contributed by atoms with Gasteiger partial charge in [-0.2, -0.15) is 0 Å². The van der Waals surface area contributed by atoms with Gasteiger partial charge in [-0.1, -0.05) is 6.92 Å². The normalized spacial score (nSPS) is 20.2. The molecule has 0 spiro atoms. The molecule has 2 rings (SSSR count). The van der Waals surface area contributed by atoms with Crippen molar-refractivity contribution >= 4 is 17.8 Å². The molecule has 1 saturated heterocycles. The standard InChI is InChI=1S/C24H36N2O7/c1-15(22(28)25-13-20(27)16-8-10-17(30-5)11-9-16)21(32-7)19-12-18(31-6)14-26(19)23(29)33-24(2,3)4/h8-11,15,18-19,21H,12-14H2,1-7H3,(H,25,28)/t15-,18?,19?,21-/m1/s1. The molecule has 1 N–H and O–H groups in total. The Balaban J connectivity index is 2.05. The van der Waals surface area contributed by atoms with Crippen LogP contribution in [0.4, 0.5) is 4.79 Å². The number of ketones is 1. The number of benzene rings is 1. The maximum absolute atomic E-state index is 12.9. The molecule has 184 valence electrons. The first-order valence-corrected chi connectivity index (χ1v) is 11.0. The van der Waals surface area contributed by atoms with E-state index in [0.717, 1.165) is 0 Å². The Bertz CT molecular complexity index is 819. The summed E-state index contributed by atoms with van der Waals surface area (Å²) in [6.45, 7) is 7.32. The number of ether oxygens (including phenoxy) is 4. The Kier molecular flexibility index (Phi) is 9.25. The van der Waals surface area contributed by atoms with Crippen LogP contribution in [0.2, 0.25) is 0 Å². The summed E-state index contributed by atoms with van der Waals surface area (Å²) in [5.41, 5.74) is -0.179. The van der Waals surface area contributed by atoms with Gasteiger partial charge in [0, 0.05) is 19.8 Å². The van der Waals surface area contributed by atoms with Crippen LogP contribution < -0.4 is 10.1 Å². The quantitative estimate of drug-likeness (QED) is 0.561. The highest BCUT2D eigenvalue weighted by molar-refractivity contribution is 5.99. The minimum Gasteiger partial charge on any atom is -0.497 e. The minimum absolute atomic E-state index is 0.146. The molecule has 0 saturated carbocycles. The lowest BCUT2D eigenvalue weighted by Gasteiger charge is -2.34. The van der Waals surface area contributed by atoms with E-state index in [1.54, 1.807) is 71.1 Å². The summed E-state index contributed by atoms with van der Waals surface area (Å²) in [6, 6.07) is 6.27. The van der Waals surface area contributed by atoms with Crippen molar-refractivity contribution < 1.29 is 33.3 Å². The van der Waals surface area contributed by atoms with Gasteiger partial charge in [-0.15, -0.1) is 0 Å². The van der Waals surface area contributed by atoms with Crippen molar-refractivity contribution in [1.82, 2.24) is 10.2 Å². The summed E-state index contributed by atoms with van der Waals surface area (Å²) < 4.78 is 21.8. The van der Waals surface area contributed by atoms with Gasteiger partial charge in [-0.25, -0.2) is 4.79 Å². The number of Topliss-reactive ketones (excluding diaryl/α,β-unsaturated/α-hetero) is 1. The zero-order valence-corrected chi connectivity index (χ0v) is 20.5. The van der Waals surface area contributed by atoms with Gasteiger partial charge in [0.25, 0.3) is 0 Å². The maximum Gasteiger partial charge on any atom is 0.410 e. The largest absolute Gasteiger partial charge is 0.497 e. The fraction of sp³-hybridized carbons (Fsp3) is 0.625. The van der Waals surface area contributed by atoms with E-state index in [-0.39, 0.29) is 24.3 Å². The summed E-state index contributed by atoms with van der Waals surface area (Å²) in [5.74, 6) is -0.534. The monoisotopic (exact) mass is 464 g/mol. The molecule has 1 aliphatic heterocycles. The molecule has 0 aliphatic carbocycles. The van der Waals surface area contributed by atoms with Gasteiger partial charge in [-0.3, -0.25) is 14.5 Å². The zero-order chi connectivity index (χ0) is 24.8. The van der Waals surface area contributed by atoms with Gasteiger partial charge < -0.3 is 24.3 Å². The third kappa shape index (κ3) is 7.17. The van der Waals surface area contributed by atoms with Crippen molar-refractivity contribution in [3.05, 3.63) is 29.8 Å². The van der Waals surface area contributed by atoms with Crippen molar-refractivity contribution in [1.29, 1.82) is 0 Å². The van der Waals surface area contributed by atoms with Crippen LogP contribution >= 0.6 is 0 Å². The van der Waals surface area contributed by atoms with E-state index < -0.39 is 29.8 Å². The smallest absolute Gasteiger partial charge is 0.410 e. The second kappa shape index (κ2) is 11.5. The summed E-state index contributed by atoms with van der Waals surface area (Å²) >= 11 is 0. The van der Waals surface area contributed by atoms with Crippen LogP contribution in [0.15, 0.2) is 24.3 Å². The molecule has 4 atom stereocenters. The highest BCUT2D eigenvalue weighted by Gasteiger charge is 2.45. The topological polar surface area (TPSA) is 103 Å². The van der Waals surface area contributed by atoms with Crippen LogP contribution in [-0.2, 0) is 19.0 Å². The van der Waals surface area contributed by atoms with Gasteiger partial charge >= 0.3 is 6.09 Å². The third-order valence-electron chi connectivity index (χ3n) is 5.66. The highest BCUT2D eigenvalue weighted by Crippen LogP contribution is 2.29. The lowest BCUT2D eigenvalue weighted by molar-refractivity contribution is -0.130. The molecule has 1 aromatic rings. The number of nitrogens with zero attached hydrogens (tertiary/aromatic N) is 1. The van der Waals surface area contributed by atoms with Gasteiger partial charge in [0.15, 0.2) is 5.78 Å². The average Bonchev–Trinajstić information content (AvgIpc) is 3.21.